The molecule has 0 fully saturated rings. The van der Waals surface area contributed by atoms with E-state index >= 15 is 0 Å². The number of rotatable bonds is 4. The second-order valence-corrected chi connectivity index (χ2v) is 18.1. The van der Waals surface area contributed by atoms with Crippen LogP contribution in [0.5, 0.6) is 0 Å². The van der Waals surface area contributed by atoms with E-state index in [2.05, 4.69) is 240 Å². The van der Waals surface area contributed by atoms with Crippen molar-refractivity contribution in [2.24, 2.45) is 0 Å². The van der Waals surface area contributed by atoms with E-state index in [-0.39, 0.29) is 0 Å². The molecule has 14 aromatic rings. The minimum atomic E-state index is 1.16. The van der Waals surface area contributed by atoms with Crippen molar-refractivity contribution in [3.8, 4) is 55.9 Å². The van der Waals surface area contributed by atoms with Crippen molar-refractivity contribution >= 4 is 86.7 Å². The zero-order valence-electron chi connectivity index (χ0n) is 35.8. The minimum absolute atomic E-state index is 1.16. The van der Waals surface area contributed by atoms with Crippen LogP contribution in [0.1, 0.15) is 0 Å². The molecular formula is C64H38N2. The van der Waals surface area contributed by atoms with Gasteiger partial charge in [0.25, 0.3) is 0 Å². The van der Waals surface area contributed by atoms with E-state index in [9.17, 15) is 0 Å². The van der Waals surface area contributed by atoms with Crippen LogP contribution < -0.4 is 0 Å². The van der Waals surface area contributed by atoms with Gasteiger partial charge in [0.15, 0.2) is 0 Å². The fourth-order valence-electron chi connectivity index (χ4n) is 11.5. The van der Waals surface area contributed by atoms with Crippen LogP contribution in [0.15, 0.2) is 231 Å². The van der Waals surface area contributed by atoms with Crippen LogP contribution in [0, 0.1) is 0 Å². The number of nitrogens with zero attached hydrogens (tertiary/aromatic N) is 2. The summed E-state index contributed by atoms with van der Waals surface area (Å²) in [5.41, 5.74) is 17.4. The molecule has 2 nitrogen and oxygen atoms in total. The Labute approximate surface area is 380 Å². The third-order valence-corrected chi connectivity index (χ3v) is 14.5. The third-order valence-electron chi connectivity index (χ3n) is 14.5. The number of hydrogen-bond donors (Lipinski definition) is 0. The van der Waals surface area contributed by atoms with Gasteiger partial charge in [-0.2, -0.15) is 0 Å². The van der Waals surface area contributed by atoms with Crippen molar-refractivity contribution in [3.05, 3.63) is 231 Å². The highest BCUT2D eigenvalue weighted by Gasteiger charge is 2.23. The molecule has 2 heteroatoms. The highest BCUT2D eigenvalue weighted by Crippen LogP contribution is 2.49. The fourth-order valence-corrected chi connectivity index (χ4v) is 11.5. The molecule has 0 atom stereocenters. The van der Waals surface area contributed by atoms with Crippen LogP contribution >= 0.6 is 0 Å². The summed E-state index contributed by atoms with van der Waals surface area (Å²) in [6, 6.07) is 85.9. The molecule has 0 spiro atoms. The van der Waals surface area contributed by atoms with E-state index in [0.29, 0.717) is 0 Å². The summed E-state index contributed by atoms with van der Waals surface area (Å²) in [5.74, 6) is 0. The molecule has 304 valence electrons. The summed E-state index contributed by atoms with van der Waals surface area (Å²) in [4.78, 5) is 0. The predicted octanol–water partition coefficient (Wildman–Crippen LogP) is 17.5. The molecule has 1 aliphatic carbocycles. The first-order chi connectivity index (χ1) is 32.7. The average Bonchev–Trinajstić information content (AvgIpc) is 4.01. The van der Waals surface area contributed by atoms with Crippen molar-refractivity contribution in [2.75, 3.05) is 0 Å². The maximum atomic E-state index is 2.47. The van der Waals surface area contributed by atoms with Gasteiger partial charge in [0, 0.05) is 32.9 Å². The largest absolute Gasteiger partial charge is 0.309 e. The smallest absolute Gasteiger partial charge is 0.0547 e. The Hall–Kier alpha value is -8.72. The molecule has 0 unspecified atom stereocenters. The van der Waals surface area contributed by atoms with Gasteiger partial charge in [-0.15, -0.1) is 0 Å². The van der Waals surface area contributed by atoms with Gasteiger partial charge in [0.05, 0.1) is 22.1 Å². The van der Waals surface area contributed by atoms with Crippen molar-refractivity contribution < 1.29 is 0 Å². The molecule has 66 heavy (non-hydrogen) atoms. The van der Waals surface area contributed by atoms with Crippen LogP contribution in [-0.2, 0) is 0 Å². The Balaban J connectivity index is 0.886. The zero-order chi connectivity index (χ0) is 43.0. The Kier molecular flexibility index (Phi) is 7.25. The lowest BCUT2D eigenvalue weighted by Gasteiger charge is -2.12. The SMILES string of the molecule is c1ccc(-n2c3ccc(-c4ccc5c(c4)c4c6ccccc6ccc4n5-c4ccc5cc(-c6cc7c8c(cccc8c6)-c6ccccc6-7)ccc5c4)cc3c3cc4ccccc4cc32)cc1. The summed E-state index contributed by atoms with van der Waals surface area (Å²) in [7, 11) is 0. The second kappa shape index (κ2) is 13.4. The average molecular weight is 835 g/mol. The number of aromatic nitrogens is 2. The summed E-state index contributed by atoms with van der Waals surface area (Å²) in [6.45, 7) is 0. The van der Waals surface area contributed by atoms with Gasteiger partial charge in [-0.3, -0.25) is 0 Å². The van der Waals surface area contributed by atoms with Gasteiger partial charge >= 0.3 is 0 Å². The van der Waals surface area contributed by atoms with E-state index < -0.39 is 0 Å². The van der Waals surface area contributed by atoms with Gasteiger partial charge in [-0.1, -0.05) is 146 Å². The monoisotopic (exact) mass is 834 g/mol. The Morgan fingerprint density at radius 2 is 0.758 bits per heavy atom. The molecule has 0 bridgehead atoms. The van der Waals surface area contributed by atoms with E-state index in [1.165, 1.54) is 137 Å². The lowest BCUT2D eigenvalue weighted by Crippen LogP contribution is -1.94. The van der Waals surface area contributed by atoms with Crippen LogP contribution in [0.25, 0.3) is 143 Å². The highest BCUT2D eigenvalue weighted by atomic mass is 15.0. The molecule has 1 aliphatic rings. The van der Waals surface area contributed by atoms with Gasteiger partial charge < -0.3 is 9.13 Å². The van der Waals surface area contributed by atoms with E-state index in [4.69, 9.17) is 0 Å². The van der Waals surface area contributed by atoms with E-state index in [1.54, 1.807) is 0 Å². The van der Waals surface area contributed by atoms with Crippen molar-refractivity contribution in [3.63, 3.8) is 0 Å². The topological polar surface area (TPSA) is 9.86 Å². The number of benzene rings is 12. The second-order valence-electron chi connectivity index (χ2n) is 18.1. The van der Waals surface area contributed by atoms with Crippen LogP contribution in [0.3, 0.4) is 0 Å². The molecular weight excluding hydrogens is 797 g/mol. The van der Waals surface area contributed by atoms with Crippen molar-refractivity contribution in [1.82, 2.24) is 9.13 Å². The number of fused-ring (bicyclic) bond motifs is 13. The van der Waals surface area contributed by atoms with E-state index in [1.807, 2.05) is 0 Å². The maximum absolute atomic E-state index is 2.47. The molecule has 0 radical (unpaired) electrons. The quantitative estimate of drug-likeness (QED) is 0.167. The standard InChI is InChI=1S/C64H38N2/c1-2-15-49(16-3-1)65-59-28-25-45(35-55(59)56-34-40-12-4-5-13-41(40)38-62(56)65)46-26-29-60-58(36-46)64-51-17-7-6-11-39(51)24-30-61(64)66(60)50-27-23-42-31-43(21-22-44(42)33-50)48-32-47-14-10-20-54-52-18-8-9-19-53(52)57(37-48)63(47)54/h1-38H. The van der Waals surface area contributed by atoms with E-state index in [0.717, 1.165) is 5.69 Å². The Morgan fingerprint density at radius 3 is 1.61 bits per heavy atom. The zero-order valence-corrected chi connectivity index (χ0v) is 35.8. The van der Waals surface area contributed by atoms with Gasteiger partial charge in [0.2, 0.25) is 0 Å². The molecule has 0 aliphatic heterocycles. The first kappa shape index (κ1) is 35.7. The highest BCUT2D eigenvalue weighted by molar-refractivity contribution is 6.22. The minimum Gasteiger partial charge on any atom is -0.309 e. The molecule has 12 aromatic carbocycles. The first-order valence-corrected chi connectivity index (χ1v) is 22.9. The number of hydrogen-bond acceptors (Lipinski definition) is 0. The fraction of sp³-hybridized carbons (Fsp3) is 0. The molecule has 2 heterocycles. The lowest BCUT2D eigenvalue weighted by atomic mass is 9.95. The Bertz CT molecular complexity index is 4390. The molecule has 0 saturated heterocycles. The van der Waals surface area contributed by atoms with Crippen LogP contribution in [0.4, 0.5) is 0 Å². The van der Waals surface area contributed by atoms with Crippen LogP contribution in [0.2, 0.25) is 0 Å². The van der Waals surface area contributed by atoms with Gasteiger partial charge in [-0.25, -0.2) is 0 Å². The van der Waals surface area contributed by atoms with Gasteiger partial charge in [-0.05, 0) is 173 Å². The molecule has 0 saturated carbocycles. The molecule has 0 N–H and O–H groups in total. The lowest BCUT2D eigenvalue weighted by molar-refractivity contribution is 1.18. The third kappa shape index (κ3) is 5.07. The Morgan fingerprint density at radius 1 is 0.212 bits per heavy atom. The molecule has 2 aromatic heterocycles. The predicted molar refractivity (Wildman–Crippen MR) is 280 cm³/mol. The summed E-state index contributed by atoms with van der Waals surface area (Å²) in [5, 5.41) is 15.2. The summed E-state index contributed by atoms with van der Waals surface area (Å²) in [6.07, 6.45) is 0. The molecule has 15 rings (SSSR count). The normalized spacial score (nSPS) is 12.2. The summed E-state index contributed by atoms with van der Waals surface area (Å²) < 4.78 is 4.89. The van der Waals surface area contributed by atoms with Crippen molar-refractivity contribution in [1.29, 1.82) is 0 Å². The van der Waals surface area contributed by atoms with Crippen LogP contribution in [-0.4, -0.2) is 9.13 Å². The summed E-state index contributed by atoms with van der Waals surface area (Å²) >= 11 is 0. The van der Waals surface area contributed by atoms with Crippen molar-refractivity contribution in [2.45, 2.75) is 0 Å². The maximum Gasteiger partial charge on any atom is 0.0547 e. The number of para-hydroxylation sites is 1. The molecule has 0 amide bonds. The first-order valence-electron chi connectivity index (χ1n) is 22.9. The van der Waals surface area contributed by atoms with Gasteiger partial charge in [0.1, 0.15) is 0 Å².